The molecule has 0 amide bonds. The number of hydrogen-bond donors (Lipinski definition) is 0. The van der Waals surface area contributed by atoms with E-state index in [0.717, 1.165) is 61.2 Å². The van der Waals surface area contributed by atoms with Crippen LogP contribution in [0.3, 0.4) is 0 Å². The summed E-state index contributed by atoms with van der Waals surface area (Å²) >= 11 is 0. The summed E-state index contributed by atoms with van der Waals surface area (Å²) in [5.41, 5.74) is 17.3. The summed E-state index contributed by atoms with van der Waals surface area (Å²) in [6.07, 6.45) is 0. The molecule has 1 heterocycles. The maximum atomic E-state index is 7.56. The summed E-state index contributed by atoms with van der Waals surface area (Å²) in [6.45, 7) is 12.1. The van der Waals surface area contributed by atoms with E-state index >= 15 is 0 Å². The second kappa shape index (κ2) is 14.6. The van der Waals surface area contributed by atoms with Crippen molar-refractivity contribution in [3.8, 4) is 89.8 Å². The molecule has 0 saturated heterocycles. The summed E-state index contributed by atoms with van der Waals surface area (Å²) < 4.78 is 0. The number of hydrogen-bond acceptors (Lipinski definition) is 3. The molecule has 278 valence electrons. The van der Waals surface area contributed by atoms with Crippen LogP contribution in [0, 0.1) is 6.57 Å². The van der Waals surface area contributed by atoms with Crippen LogP contribution >= 0.6 is 0 Å². The number of rotatable bonds is 7. The van der Waals surface area contributed by atoms with Crippen molar-refractivity contribution >= 4 is 5.69 Å². The molecule has 9 aromatic rings. The second-order valence-corrected chi connectivity index (χ2v) is 15.6. The molecule has 4 nitrogen and oxygen atoms in total. The average molecular weight is 755 g/mol. The highest BCUT2D eigenvalue weighted by Gasteiger charge is 2.35. The fraction of sp³-hybridized carbons (Fsp3) is 0.0545. The highest BCUT2D eigenvalue weighted by molar-refractivity contribution is 5.87. The Morgan fingerprint density at radius 2 is 0.746 bits per heavy atom. The Labute approximate surface area is 345 Å². The van der Waals surface area contributed by atoms with Gasteiger partial charge in [-0.15, -0.1) is 0 Å². The van der Waals surface area contributed by atoms with Gasteiger partial charge in [-0.05, 0) is 85.0 Å². The number of benzene rings is 8. The predicted octanol–water partition coefficient (Wildman–Crippen LogP) is 14.4. The molecule has 1 aliphatic rings. The Morgan fingerprint density at radius 1 is 0.339 bits per heavy atom. The molecule has 59 heavy (non-hydrogen) atoms. The van der Waals surface area contributed by atoms with Crippen LogP contribution in [0.4, 0.5) is 5.69 Å². The lowest BCUT2D eigenvalue weighted by molar-refractivity contribution is 0.661. The van der Waals surface area contributed by atoms with E-state index < -0.39 is 0 Å². The van der Waals surface area contributed by atoms with Crippen LogP contribution in [0.15, 0.2) is 194 Å². The van der Waals surface area contributed by atoms with Crippen molar-refractivity contribution in [1.29, 1.82) is 0 Å². The van der Waals surface area contributed by atoms with E-state index in [-0.39, 0.29) is 5.41 Å². The Morgan fingerprint density at radius 3 is 1.27 bits per heavy atom. The molecule has 4 heteroatoms. The molecular formula is C55H38N4. The maximum Gasteiger partial charge on any atom is 0.187 e. The fourth-order valence-corrected chi connectivity index (χ4v) is 8.35. The van der Waals surface area contributed by atoms with Gasteiger partial charge in [-0.1, -0.05) is 190 Å². The largest absolute Gasteiger partial charge is 0.238 e. The molecule has 8 aromatic carbocycles. The first-order chi connectivity index (χ1) is 28.9. The van der Waals surface area contributed by atoms with Crippen molar-refractivity contribution in [2.75, 3.05) is 0 Å². The van der Waals surface area contributed by atoms with Gasteiger partial charge in [-0.2, -0.15) is 0 Å². The summed E-state index contributed by atoms with van der Waals surface area (Å²) in [4.78, 5) is 19.0. The fourth-order valence-electron chi connectivity index (χ4n) is 8.35. The van der Waals surface area contributed by atoms with Crippen molar-refractivity contribution in [3.63, 3.8) is 0 Å². The van der Waals surface area contributed by atoms with Crippen molar-refractivity contribution in [2.24, 2.45) is 0 Å². The van der Waals surface area contributed by atoms with Gasteiger partial charge in [0.25, 0.3) is 0 Å². The normalized spacial score (nSPS) is 12.4. The van der Waals surface area contributed by atoms with Gasteiger partial charge in [0.05, 0.1) is 6.57 Å². The minimum Gasteiger partial charge on any atom is -0.238 e. The summed E-state index contributed by atoms with van der Waals surface area (Å²) in [7, 11) is 0. The molecule has 1 aliphatic carbocycles. The van der Waals surface area contributed by atoms with E-state index in [1.807, 2.05) is 18.2 Å². The Kier molecular flexibility index (Phi) is 8.85. The van der Waals surface area contributed by atoms with Gasteiger partial charge in [0.15, 0.2) is 23.2 Å². The number of nitrogens with zero attached hydrogens (tertiary/aromatic N) is 4. The molecule has 1 aromatic heterocycles. The average Bonchev–Trinajstić information content (AvgIpc) is 3.54. The van der Waals surface area contributed by atoms with Gasteiger partial charge < -0.3 is 0 Å². The van der Waals surface area contributed by atoms with Gasteiger partial charge in [0.1, 0.15) is 0 Å². The Bertz CT molecular complexity index is 2950. The molecule has 0 fully saturated rings. The van der Waals surface area contributed by atoms with Gasteiger partial charge in [-0.25, -0.2) is 19.8 Å². The molecule has 0 aliphatic heterocycles. The van der Waals surface area contributed by atoms with Gasteiger partial charge in [0.2, 0.25) is 0 Å². The molecular weight excluding hydrogens is 717 g/mol. The highest BCUT2D eigenvalue weighted by Crippen LogP contribution is 2.50. The molecule has 0 atom stereocenters. The quantitative estimate of drug-likeness (QED) is 0.152. The van der Waals surface area contributed by atoms with Crippen LogP contribution in [-0.2, 0) is 5.41 Å². The molecule has 0 saturated carbocycles. The van der Waals surface area contributed by atoms with Crippen LogP contribution in [0.2, 0.25) is 0 Å². The zero-order chi connectivity index (χ0) is 39.9. The smallest absolute Gasteiger partial charge is 0.187 e. The van der Waals surface area contributed by atoms with E-state index in [1.165, 1.54) is 22.3 Å². The first kappa shape index (κ1) is 35.7. The first-order valence-electron chi connectivity index (χ1n) is 19.9. The Hall–Kier alpha value is -7.74. The minimum atomic E-state index is -0.168. The van der Waals surface area contributed by atoms with Crippen LogP contribution < -0.4 is 0 Å². The van der Waals surface area contributed by atoms with Gasteiger partial charge in [0, 0.05) is 22.1 Å². The molecule has 0 spiro atoms. The maximum absolute atomic E-state index is 7.56. The first-order valence-corrected chi connectivity index (χ1v) is 19.9. The zero-order valence-corrected chi connectivity index (χ0v) is 32.8. The van der Waals surface area contributed by atoms with Crippen LogP contribution in [0.5, 0.6) is 0 Å². The molecule has 0 unspecified atom stereocenters. The monoisotopic (exact) mass is 754 g/mol. The highest BCUT2D eigenvalue weighted by atomic mass is 15.0. The Balaban J connectivity index is 1.02. The van der Waals surface area contributed by atoms with E-state index in [9.17, 15) is 0 Å². The standard InChI is InChI=1S/C55H38N4/c1-55(2)50-31-28-45(34-49(50)48-30-29-47(56-3)35-51(48)55)43-17-10-16-42(32-43)44-18-11-19-46(33-44)54-58-52(40-24-20-38(21-25-40)36-12-6-4-7-13-36)57-53(59-54)41-26-22-39(23-27-41)37-14-8-5-9-15-37/h4-35H,1-2H3. The lowest BCUT2D eigenvalue weighted by Crippen LogP contribution is -2.14. The molecule has 0 bridgehead atoms. The summed E-state index contributed by atoms with van der Waals surface area (Å²) in [5, 5.41) is 0. The van der Waals surface area contributed by atoms with Crippen molar-refractivity contribution in [2.45, 2.75) is 19.3 Å². The number of fused-ring (bicyclic) bond motifs is 3. The van der Waals surface area contributed by atoms with Crippen molar-refractivity contribution in [1.82, 2.24) is 15.0 Å². The van der Waals surface area contributed by atoms with E-state index in [2.05, 4.69) is 195 Å². The van der Waals surface area contributed by atoms with E-state index in [0.29, 0.717) is 23.2 Å². The third-order valence-electron chi connectivity index (χ3n) is 11.6. The second-order valence-electron chi connectivity index (χ2n) is 15.6. The zero-order valence-electron chi connectivity index (χ0n) is 32.8. The van der Waals surface area contributed by atoms with Gasteiger partial charge >= 0.3 is 0 Å². The van der Waals surface area contributed by atoms with Crippen molar-refractivity contribution < 1.29 is 0 Å². The predicted molar refractivity (Wildman–Crippen MR) is 242 cm³/mol. The number of aromatic nitrogens is 3. The third-order valence-corrected chi connectivity index (χ3v) is 11.6. The topological polar surface area (TPSA) is 43.0 Å². The lowest BCUT2D eigenvalue weighted by atomic mass is 9.82. The van der Waals surface area contributed by atoms with Crippen LogP contribution in [0.1, 0.15) is 25.0 Å². The van der Waals surface area contributed by atoms with Crippen LogP contribution in [0.25, 0.3) is 94.6 Å². The van der Waals surface area contributed by atoms with E-state index in [4.69, 9.17) is 21.5 Å². The van der Waals surface area contributed by atoms with Crippen molar-refractivity contribution in [3.05, 3.63) is 217 Å². The minimum absolute atomic E-state index is 0.168. The van der Waals surface area contributed by atoms with Crippen LogP contribution in [-0.4, -0.2) is 15.0 Å². The SMILES string of the molecule is [C-]#[N+]c1ccc2c(c1)C(C)(C)c1ccc(-c3cccc(-c4cccc(-c5nc(-c6ccc(-c7ccccc7)cc6)nc(-c6ccc(-c7ccccc7)cc6)n5)c4)c3)cc1-2. The molecule has 0 N–H and O–H groups in total. The lowest BCUT2D eigenvalue weighted by Gasteiger charge is -2.21. The summed E-state index contributed by atoms with van der Waals surface area (Å²) in [6, 6.07) is 67.7. The molecule has 0 radical (unpaired) electrons. The van der Waals surface area contributed by atoms with Gasteiger partial charge in [-0.3, -0.25) is 0 Å². The van der Waals surface area contributed by atoms with E-state index in [1.54, 1.807) is 0 Å². The third kappa shape index (κ3) is 6.69. The molecule has 10 rings (SSSR count). The summed E-state index contributed by atoms with van der Waals surface area (Å²) in [5.74, 6) is 1.86.